The molecule has 1 aliphatic carbocycles. The minimum Gasteiger partial charge on any atom is -0.353 e. The first kappa shape index (κ1) is 18.5. The monoisotopic (exact) mass is 401 g/mol. The Labute approximate surface area is 147 Å². The Morgan fingerprint density at radius 2 is 1.96 bits per heavy atom. The summed E-state index contributed by atoms with van der Waals surface area (Å²) in [6.07, 6.45) is 4.30. The van der Waals surface area contributed by atoms with Crippen molar-refractivity contribution in [3.05, 3.63) is 28.7 Å². The van der Waals surface area contributed by atoms with Gasteiger partial charge in [0.05, 0.1) is 10.6 Å². The normalized spacial score (nSPS) is 23.3. The van der Waals surface area contributed by atoms with Gasteiger partial charge in [0, 0.05) is 16.4 Å². The molecule has 1 aromatic carbocycles. The molecule has 2 rings (SSSR count). The van der Waals surface area contributed by atoms with E-state index in [2.05, 4.69) is 28.2 Å². The average Bonchev–Trinajstić information content (AvgIpc) is 2.47. The Morgan fingerprint density at radius 1 is 1.30 bits per heavy atom. The fourth-order valence-electron chi connectivity index (χ4n) is 3.05. The van der Waals surface area contributed by atoms with E-state index in [0.717, 1.165) is 23.7 Å². The van der Waals surface area contributed by atoms with E-state index in [-0.39, 0.29) is 22.6 Å². The van der Waals surface area contributed by atoms with Crippen LogP contribution in [0.2, 0.25) is 0 Å². The third-order valence-corrected chi connectivity index (χ3v) is 6.83. The van der Waals surface area contributed by atoms with Gasteiger partial charge in [0.15, 0.2) is 9.84 Å². The van der Waals surface area contributed by atoms with Crippen molar-refractivity contribution in [3.8, 4) is 0 Å². The molecule has 3 atom stereocenters. The molecule has 0 aromatic heterocycles. The molecule has 1 aromatic rings. The summed E-state index contributed by atoms with van der Waals surface area (Å²) in [6, 6.07) is 6.70. The van der Waals surface area contributed by atoms with Gasteiger partial charge >= 0.3 is 0 Å². The van der Waals surface area contributed by atoms with Crippen LogP contribution in [0.3, 0.4) is 0 Å². The molecular formula is C17H24BrNO3S. The van der Waals surface area contributed by atoms with Crippen molar-refractivity contribution >= 4 is 31.7 Å². The van der Waals surface area contributed by atoms with Gasteiger partial charge < -0.3 is 5.32 Å². The molecule has 0 heterocycles. The Bertz CT molecular complexity index is 642. The van der Waals surface area contributed by atoms with E-state index in [1.807, 2.05) is 0 Å². The van der Waals surface area contributed by atoms with Gasteiger partial charge in [-0.25, -0.2) is 8.42 Å². The minimum atomic E-state index is -3.45. The van der Waals surface area contributed by atoms with Crippen LogP contribution in [0.4, 0.5) is 0 Å². The average molecular weight is 402 g/mol. The second kappa shape index (κ2) is 7.79. The molecule has 1 fully saturated rings. The van der Waals surface area contributed by atoms with Crippen molar-refractivity contribution in [1.82, 2.24) is 5.32 Å². The zero-order valence-corrected chi connectivity index (χ0v) is 16.0. The molecule has 0 saturated heterocycles. The number of carbonyl (C=O) groups excluding carboxylic acids is 1. The lowest BCUT2D eigenvalue weighted by molar-refractivity contribution is -0.124. The highest BCUT2D eigenvalue weighted by Gasteiger charge is 2.26. The van der Waals surface area contributed by atoms with Gasteiger partial charge in [-0.1, -0.05) is 42.6 Å². The highest BCUT2D eigenvalue weighted by molar-refractivity contribution is 9.10. The van der Waals surface area contributed by atoms with Crippen LogP contribution in [0.15, 0.2) is 33.6 Å². The van der Waals surface area contributed by atoms with Crippen LogP contribution in [0, 0.1) is 11.8 Å². The molecule has 6 heteroatoms. The van der Waals surface area contributed by atoms with Crippen LogP contribution in [0.25, 0.3) is 0 Å². The fourth-order valence-corrected chi connectivity index (χ4v) is 4.87. The largest absolute Gasteiger partial charge is 0.353 e. The van der Waals surface area contributed by atoms with E-state index in [1.165, 1.54) is 6.42 Å². The molecule has 128 valence electrons. The van der Waals surface area contributed by atoms with Crippen molar-refractivity contribution in [2.24, 2.45) is 11.8 Å². The van der Waals surface area contributed by atoms with Crippen molar-refractivity contribution in [2.45, 2.75) is 50.5 Å². The fraction of sp³-hybridized carbons (Fsp3) is 0.588. The number of sulfone groups is 1. The number of nitrogens with one attached hydrogen (secondary N) is 1. The predicted molar refractivity (Wildman–Crippen MR) is 94.9 cm³/mol. The molecule has 0 spiro atoms. The highest BCUT2D eigenvalue weighted by Crippen LogP contribution is 2.24. The highest BCUT2D eigenvalue weighted by atomic mass is 79.9. The zero-order chi connectivity index (χ0) is 17.0. The molecule has 1 saturated carbocycles. The molecule has 1 amide bonds. The lowest BCUT2D eigenvalue weighted by Crippen LogP contribution is -2.42. The maximum absolute atomic E-state index is 12.4. The van der Waals surface area contributed by atoms with Crippen molar-refractivity contribution in [3.63, 3.8) is 0 Å². The molecular weight excluding hydrogens is 378 g/mol. The van der Waals surface area contributed by atoms with Crippen molar-refractivity contribution in [1.29, 1.82) is 0 Å². The van der Waals surface area contributed by atoms with E-state index >= 15 is 0 Å². The summed E-state index contributed by atoms with van der Waals surface area (Å²) in [6.45, 7) is 3.87. The molecule has 4 nitrogen and oxygen atoms in total. The lowest BCUT2D eigenvalue weighted by atomic mass is 9.87. The first-order chi connectivity index (χ1) is 10.8. The van der Waals surface area contributed by atoms with E-state index in [4.69, 9.17) is 0 Å². The summed E-state index contributed by atoms with van der Waals surface area (Å²) < 4.78 is 25.6. The third kappa shape index (κ3) is 5.31. The van der Waals surface area contributed by atoms with E-state index in [0.29, 0.717) is 5.92 Å². The second-order valence-electron chi connectivity index (χ2n) is 6.61. The van der Waals surface area contributed by atoms with Crippen LogP contribution >= 0.6 is 15.9 Å². The summed E-state index contributed by atoms with van der Waals surface area (Å²) >= 11 is 3.29. The molecule has 23 heavy (non-hydrogen) atoms. The van der Waals surface area contributed by atoms with Crippen molar-refractivity contribution < 1.29 is 13.2 Å². The zero-order valence-electron chi connectivity index (χ0n) is 13.6. The number of carbonyl (C=O) groups is 1. The van der Waals surface area contributed by atoms with E-state index < -0.39 is 15.8 Å². The maximum atomic E-state index is 12.4. The van der Waals surface area contributed by atoms with Gasteiger partial charge in [-0.2, -0.15) is 0 Å². The van der Waals surface area contributed by atoms with Gasteiger partial charge in [0.2, 0.25) is 5.91 Å². The van der Waals surface area contributed by atoms with Crippen LogP contribution in [-0.4, -0.2) is 26.1 Å². The number of amides is 1. The Balaban J connectivity index is 1.95. The summed E-state index contributed by atoms with van der Waals surface area (Å²) in [7, 11) is -3.45. The molecule has 1 N–H and O–H groups in total. The minimum absolute atomic E-state index is 0.162. The predicted octanol–water partition coefficient (Wildman–Crippen LogP) is 3.55. The van der Waals surface area contributed by atoms with Crippen LogP contribution < -0.4 is 5.32 Å². The Hall–Kier alpha value is -0.880. The van der Waals surface area contributed by atoms with Gasteiger partial charge in [0.25, 0.3) is 0 Å². The smallest absolute Gasteiger partial charge is 0.224 e. The lowest BCUT2D eigenvalue weighted by Gasteiger charge is -2.28. The second-order valence-corrected chi connectivity index (χ2v) is 9.56. The topological polar surface area (TPSA) is 63.2 Å². The first-order valence-corrected chi connectivity index (χ1v) is 10.5. The quantitative estimate of drug-likeness (QED) is 0.819. The molecule has 0 bridgehead atoms. The number of rotatable bonds is 5. The molecule has 1 aliphatic rings. The van der Waals surface area contributed by atoms with E-state index in [1.54, 1.807) is 31.2 Å². The number of halogens is 1. The van der Waals surface area contributed by atoms with E-state index in [9.17, 15) is 13.2 Å². The van der Waals surface area contributed by atoms with Gasteiger partial charge in [0.1, 0.15) is 0 Å². The number of benzene rings is 1. The third-order valence-electron chi connectivity index (χ3n) is 4.37. The summed E-state index contributed by atoms with van der Waals surface area (Å²) in [4.78, 5) is 12.6. The number of hydrogen-bond acceptors (Lipinski definition) is 3. The van der Waals surface area contributed by atoms with Crippen LogP contribution in [0.5, 0.6) is 0 Å². The Kier molecular flexibility index (Phi) is 6.26. The maximum Gasteiger partial charge on any atom is 0.224 e. The van der Waals surface area contributed by atoms with Gasteiger partial charge in [-0.3, -0.25) is 4.79 Å². The summed E-state index contributed by atoms with van der Waals surface area (Å²) in [5.74, 6) is -0.260. The molecule has 3 unspecified atom stereocenters. The van der Waals surface area contributed by atoms with Crippen molar-refractivity contribution in [2.75, 3.05) is 5.75 Å². The van der Waals surface area contributed by atoms with Gasteiger partial charge in [-0.05, 0) is 43.0 Å². The van der Waals surface area contributed by atoms with Crippen LogP contribution in [0.1, 0.15) is 39.5 Å². The van der Waals surface area contributed by atoms with Crippen LogP contribution in [-0.2, 0) is 14.6 Å². The first-order valence-electron chi connectivity index (χ1n) is 8.06. The SMILES string of the molecule is CC1CCCC(NC(=O)C(C)CS(=O)(=O)c2ccc(Br)cc2)C1. The summed E-state index contributed by atoms with van der Waals surface area (Å²) in [5, 5.41) is 3.02. The standard InChI is InChI=1S/C17H24BrNO3S/c1-12-4-3-5-15(10-12)19-17(20)13(2)11-23(21,22)16-8-6-14(18)7-9-16/h6-9,12-13,15H,3-5,10-11H2,1-2H3,(H,19,20). The molecule has 0 aliphatic heterocycles. The Morgan fingerprint density at radius 3 is 2.57 bits per heavy atom. The summed E-state index contributed by atoms with van der Waals surface area (Å²) in [5.41, 5.74) is 0. The van der Waals surface area contributed by atoms with Gasteiger partial charge in [-0.15, -0.1) is 0 Å². The number of hydrogen-bond donors (Lipinski definition) is 1. The molecule has 0 radical (unpaired) electrons.